The second-order valence-corrected chi connectivity index (χ2v) is 10.2. The van der Waals surface area contributed by atoms with E-state index in [9.17, 15) is 5.11 Å². The van der Waals surface area contributed by atoms with E-state index in [1.807, 2.05) is 0 Å². The number of piperazine rings is 1. The number of β-amino-alcohol motifs (C(OH)–C–C–N with tert-alkyl or cyclic N) is 1. The quantitative estimate of drug-likeness (QED) is 0.782. The lowest BCUT2D eigenvalue weighted by Gasteiger charge is -2.56. The number of hydrogen-bond acceptors (Lipinski definition) is 4. The van der Waals surface area contributed by atoms with E-state index in [2.05, 4.69) is 40.1 Å². The fourth-order valence-corrected chi connectivity index (χ4v) is 7.06. The van der Waals surface area contributed by atoms with Gasteiger partial charge in [-0.25, -0.2) is 0 Å². The van der Waals surface area contributed by atoms with Gasteiger partial charge in [0.25, 0.3) is 0 Å². The van der Waals surface area contributed by atoms with Crippen LogP contribution in [0.15, 0.2) is 30.3 Å². The van der Waals surface area contributed by atoms with Crippen LogP contribution < -0.4 is 4.90 Å². The molecule has 1 atom stereocenters. The van der Waals surface area contributed by atoms with Crippen molar-refractivity contribution in [3.63, 3.8) is 0 Å². The molecule has 0 spiro atoms. The standard InChI is InChI=1S/C24H36N2O2/c27-23(16-25-6-8-26(9-7-25)22-4-2-1-3-5-22)17-28-18-24-13-19-10-20(14-24)12-21(11-19)15-24/h1-5,19-21,23,27H,6-18H2/t19?,20?,21?,23-,24?/m1/s1. The topological polar surface area (TPSA) is 35.9 Å². The van der Waals surface area contributed by atoms with Gasteiger partial charge in [-0.15, -0.1) is 0 Å². The second kappa shape index (κ2) is 7.97. The van der Waals surface area contributed by atoms with Gasteiger partial charge in [-0.2, -0.15) is 0 Å². The summed E-state index contributed by atoms with van der Waals surface area (Å²) in [6.07, 6.45) is 8.24. The number of hydrogen-bond donors (Lipinski definition) is 1. The van der Waals surface area contributed by atoms with Gasteiger partial charge in [0.1, 0.15) is 0 Å². The van der Waals surface area contributed by atoms with Crippen LogP contribution in [-0.4, -0.2) is 62.0 Å². The molecule has 0 amide bonds. The lowest BCUT2D eigenvalue weighted by atomic mass is 9.50. The van der Waals surface area contributed by atoms with E-state index < -0.39 is 0 Å². The second-order valence-electron chi connectivity index (χ2n) is 10.2. The summed E-state index contributed by atoms with van der Waals surface area (Å²) in [5, 5.41) is 10.5. The van der Waals surface area contributed by atoms with Crippen LogP contribution in [0.3, 0.4) is 0 Å². The normalized spacial score (nSPS) is 36.0. The maximum absolute atomic E-state index is 10.5. The lowest BCUT2D eigenvalue weighted by Crippen LogP contribution is -2.50. The molecule has 4 nitrogen and oxygen atoms in total. The van der Waals surface area contributed by atoms with E-state index in [0.717, 1.165) is 57.1 Å². The van der Waals surface area contributed by atoms with Crippen molar-refractivity contribution >= 4 is 5.69 Å². The number of aliphatic hydroxyl groups is 1. The first kappa shape index (κ1) is 18.9. The third-order valence-electron chi connectivity index (χ3n) is 7.85. The van der Waals surface area contributed by atoms with Crippen molar-refractivity contribution in [2.75, 3.05) is 50.8 Å². The Labute approximate surface area is 169 Å². The Hall–Kier alpha value is -1.10. The Bertz CT molecular complexity index is 606. The van der Waals surface area contributed by atoms with E-state index in [1.165, 1.54) is 44.2 Å². The molecule has 5 fully saturated rings. The summed E-state index contributed by atoms with van der Waals surface area (Å²) in [6.45, 7) is 6.22. The molecule has 1 saturated heterocycles. The van der Waals surface area contributed by atoms with Crippen LogP contribution in [0, 0.1) is 23.2 Å². The molecule has 0 aromatic heterocycles. The largest absolute Gasteiger partial charge is 0.389 e. The smallest absolute Gasteiger partial charge is 0.0900 e. The van der Waals surface area contributed by atoms with Gasteiger partial charge in [-0.1, -0.05) is 18.2 Å². The summed E-state index contributed by atoms with van der Waals surface area (Å²) in [6, 6.07) is 10.6. The minimum Gasteiger partial charge on any atom is -0.389 e. The SMILES string of the molecule is O[C@@H](COCC12CC3CC(CC(C3)C1)C2)CN1CCN(c2ccccc2)CC1. The number of ether oxygens (including phenoxy) is 1. The van der Waals surface area contributed by atoms with Gasteiger partial charge in [0, 0.05) is 38.4 Å². The summed E-state index contributed by atoms with van der Waals surface area (Å²) in [4.78, 5) is 4.82. The molecular formula is C24H36N2O2. The molecule has 1 heterocycles. The average Bonchev–Trinajstić information content (AvgIpc) is 2.68. The first-order valence-corrected chi connectivity index (χ1v) is 11.5. The van der Waals surface area contributed by atoms with Crippen LogP contribution in [0.1, 0.15) is 38.5 Å². The van der Waals surface area contributed by atoms with Gasteiger partial charge in [0.15, 0.2) is 0 Å². The minimum atomic E-state index is -0.364. The van der Waals surface area contributed by atoms with Crippen molar-refractivity contribution in [1.82, 2.24) is 4.90 Å². The number of benzene rings is 1. The Morgan fingerprint density at radius 2 is 1.54 bits per heavy atom. The highest BCUT2D eigenvalue weighted by atomic mass is 16.5. The molecule has 1 aromatic carbocycles. The highest BCUT2D eigenvalue weighted by Crippen LogP contribution is 2.60. The van der Waals surface area contributed by atoms with Crippen LogP contribution in [0.25, 0.3) is 0 Å². The zero-order chi connectivity index (χ0) is 19.0. The Morgan fingerprint density at radius 3 is 2.14 bits per heavy atom. The first-order chi connectivity index (χ1) is 13.7. The molecule has 4 bridgehead atoms. The minimum absolute atomic E-state index is 0.364. The summed E-state index contributed by atoms with van der Waals surface area (Å²) in [5.41, 5.74) is 1.76. The van der Waals surface area contributed by atoms with E-state index in [1.54, 1.807) is 0 Å². The number of anilines is 1. The van der Waals surface area contributed by atoms with Gasteiger partial charge in [-0.05, 0) is 73.8 Å². The zero-order valence-corrected chi connectivity index (χ0v) is 17.1. The van der Waals surface area contributed by atoms with Gasteiger partial charge in [-0.3, -0.25) is 4.90 Å². The highest BCUT2D eigenvalue weighted by molar-refractivity contribution is 5.46. The fourth-order valence-electron chi connectivity index (χ4n) is 7.06. The van der Waals surface area contributed by atoms with Gasteiger partial charge in [0.2, 0.25) is 0 Å². The van der Waals surface area contributed by atoms with Crippen molar-refractivity contribution < 1.29 is 9.84 Å². The first-order valence-electron chi connectivity index (χ1n) is 11.5. The molecule has 4 saturated carbocycles. The average molecular weight is 385 g/mol. The van der Waals surface area contributed by atoms with Crippen molar-refractivity contribution in [1.29, 1.82) is 0 Å². The van der Waals surface area contributed by atoms with Crippen LogP contribution >= 0.6 is 0 Å². The maximum Gasteiger partial charge on any atom is 0.0900 e. The molecule has 1 aliphatic heterocycles. The molecule has 6 rings (SSSR count). The monoisotopic (exact) mass is 384 g/mol. The van der Waals surface area contributed by atoms with Crippen LogP contribution in [0.4, 0.5) is 5.69 Å². The molecule has 0 radical (unpaired) electrons. The summed E-state index contributed by atoms with van der Waals surface area (Å²) in [5.74, 6) is 2.92. The molecule has 5 aliphatic rings. The van der Waals surface area contributed by atoms with E-state index in [-0.39, 0.29) is 6.10 Å². The van der Waals surface area contributed by atoms with Crippen LogP contribution in [0.2, 0.25) is 0 Å². The molecule has 1 aromatic rings. The molecule has 28 heavy (non-hydrogen) atoms. The molecule has 0 unspecified atom stereocenters. The number of aliphatic hydroxyl groups excluding tert-OH is 1. The molecule has 1 N–H and O–H groups in total. The van der Waals surface area contributed by atoms with Crippen molar-refractivity contribution in [2.24, 2.45) is 23.2 Å². The Kier molecular flexibility index (Phi) is 5.38. The zero-order valence-electron chi connectivity index (χ0n) is 17.1. The van der Waals surface area contributed by atoms with Gasteiger partial charge >= 0.3 is 0 Å². The van der Waals surface area contributed by atoms with Crippen molar-refractivity contribution in [2.45, 2.75) is 44.6 Å². The summed E-state index contributed by atoms with van der Waals surface area (Å²) < 4.78 is 6.13. The Morgan fingerprint density at radius 1 is 0.929 bits per heavy atom. The maximum atomic E-state index is 10.5. The Balaban J connectivity index is 1.03. The summed E-state index contributed by atoms with van der Waals surface area (Å²) >= 11 is 0. The lowest BCUT2D eigenvalue weighted by molar-refractivity contribution is -0.107. The van der Waals surface area contributed by atoms with Gasteiger partial charge < -0.3 is 14.7 Å². The molecule has 4 aliphatic carbocycles. The van der Waals surface area contributed by atoms with E-state index in [0.29, 0.717) is 12.0 Å². The number of nitrogens with zero attached hydrogens (tertiary/aromatic N) is 2. The molecule has 154 valence electrons. The highest BCUT2D eigenvalue weighted by Gasteiger charge is 2.50. The van der Waals surface area contributed by atoms with E-state index in [4.69, 9.17) is 4.74 Å². The predicted molar refractivity (Wildman–Crippen MR) is 113 cm³/mol. The third-order valence-corrected chi connectivity index (χ3v) is 7.85. The van der Waals surface area contributed by atoms with Crippen LogP contribution in [-0.2, 0) is 4.74 Å². The molecule has 4 heteroatoms. The fraction of sp³-hybridized carbons (Fsp3) is 0.750. The predicted octanol–water partition coefficient (Wildman–Crippen LogP) is 3.40. The van der Waals surface area contributed by atoms with Crippen LogP contribution in [0.5, 0.6) is 0 Å². The van der Waals surface area contributed by atoms with Crippen molar-refractivity contribution in [3.05, 3.63) is 30.3 Å². The van der Waals surface area contributed by atoms with Crippen molar-refractivity contribution in [3.8, 4) is 0 Å². The van der Waals surface area contributed by atoms with E-state index >= 15 is 0 Å². The molecular weight excluding hydrogens is 348 g/mol. The number of rotatable bonds is 7. The number of para-hydroxylation sites is 1. The van der Waals surface area contributed by atoms with Gasteiger partial charge in [0.05, 0.1) is 19.3 Å². The summed E-state index contributed by atoms with van der Waals surface area (Å²) in [7, 11) is 0. The third kappa shape index (κ3) is 4.10.